The van der Waals surface area contributed by atoms with Crippen LogP contribution in [-0.4, -0.2) is 19.5 Å². The Kier molecular flexibility index (Phi) is 9.36. The van der Waals surface area contributed by atoms with Crippen molar-refractivity contribution in [3.05, 3.63) is 243 Å². The molecule has 0 N–H and O–H groups in total. The van der Waals surface area contributed by atoms with Gasteiger partial charge in [-0.15, -0.1) is 11.3 Å². The van der Waals surface area contributed by atoms with Crippen LogP contribution in [0, 0.1) is 0 Å². The molecule has 326 valence electrons. The maximum Gasteiger partial charge on any atom is 0.164 e. The van der Waals surface area contributed by atoms with Crippen molar-refractivity contribution in [3.8, 4) is 73.2 Å². The molecule has 0 bridgehead atoms. The second-order valence-electron chi connectivity index (χ2n) is 17.9. The van der Waals surface area contributed by atoms with Gasteiger partial charge < -0.3 is 4.57 Å². The summed E-state index contributed by atoms with van der Waals surface area (Å²) in [6.45, 7) is 0. The largest absolute Gasteiger partial charge is 0.308 e. The fourth-order valence-corrected chi connectivity index (χ4v) is 11.6. The van der Waals surface area contributed by atoms with Gasteiger partial charge in [0.1, 0.15) is 0 Å². The molecule has 0 fully saturated rings. The Morgan fingerprint density at radius 1 is 0.300 bits per heavy atom. The van der Waals surface area contributed by atoms with Crippen LogP contribution in [0.3, 0.4) is 0 Å². The van der Waals surface area contributed by atoms with Crippen LogP contribution in [-0.2, 0) is 0 Å². The molecule has 3 aromatic heterocycles. The summed E-state index contributed by atoms with van der Waals surface area (Å²) < 4.78 is 5.01. The highest BCUT2D eigenvalue weighted by Crippen LogP contribution is 2.47. The molecule has 14 rings (SSSR count). The van der Waals surface area contributed by atoms with Crippen molar-refractivity contribution in [2.45, 2.75) is 0 Å². The van der Waals surface area contributed by atoms with Gasteiger partial charge in [-0.1, -0.05) is 194 Å². The Bertz CT molecular complexity index is 4330. The average Bonchev–Trinajstić information content (AvgIpc) is 3.98. The van der Waals surface area contributed by atoms with Gasteiger partial charge in [-0.2, -0.15) is 0 Å². The van der Waals surface area contributed by atoms with E-state index in [2.05, 4.69) is 229 Å². The van der Waals surface area contributed by atoms with Gasteiger partial charge in [0.05, 0.1) is 16.7 Å². The summed E-state index contributed by atoms with van der Waals surface area (Å²) in [6.07, 6.45) is 0. The summed E-state index contributed by atoms with van der Waals surface area (Å²) in [7, 11) is 0. The summed E-state index contributed by atoms with van der Waals surface area (Å²) in [5, 5.41) is 9.64. The smallest absolute Gasteiger partial charge is 0.164 e. The summed E-state index contributed by atoms with van der Waals surface area (Å²) in [4.78, 5) is 16.2. The molecular weight excluding hydrogens is 869 g/mol. The number of hydrogen-bond donors (Lipinski definition) is 0. The van der Waals surface area contributed by atoms with Crippen LogP contribution in [0.15, 0.2) is 243 Å². The highest BCUT2D eigenvalue weighted by Gasteiger charge is 2.26. The average molecular weight is 909 g/mol. The lowest BCUT2D eigenvalue weighted by molar-refractivity contribution is 1.07. The van der Waals surface area contributed by atoms with Gasteiger partial charge in [0.15, 0.2) is 17.5 Å². The van der Waals surface area contributed by atoms with Gasteiger partial charge in [0, 0.05) is 64.1 Å². The molecule has 0 atom stereocenters. The second kappa shape index (κ2) is 16.3. The van der Waals surface area contributed by atoms with Gasteiger partial charge in [-0.3, -0.25) is 0 Å². The van der Waals surface area contributed by atoms with Crippen LogP contribution >= 0.6 is 11.3 Å². The van der Waals surface area contributed by atoms with Crippen molar-refractivity contribution < 1.29 is 0 Å². The van der Waals surface area contributed by atoms with Gasteiger partial charge in [-0.05, 0) is 86.9 Å². The first kappa shape index (κ1) is 40.1. The number of fused-ring (bicyclic) bond motifs is 9. The molecule has 0 radical (unpaired) electrons. The molecule has 0 aliphatic carbocycles. The Morgan fingerprint density at radius 3 is 1.60 bits per heavy atom. The summed E-state index contributed by atoms with van der Waals surface area (Å²) >= 11 is 1.81. The first-order valence-corrected chi connectivity index (χ1v) is 24.5. The van der Waals surface area contributed by atoms with E-state index in [1.807, 2.05) is 29.5 Å². The Morgan fingerprint density at radius 2 is 0.843 bits per heavy atom. The molecule has 5 heteroatoms. The third kappa shape index (κ3) is 6.62. The predicted octanol–water partition coefficient (Wildman–Crippen LogP) is 17.6. The summed E-state index contributed by atoms with van der Waals surface area (Å²) in [5.74, 6) is 1.84. The molecule has 70 heavy (non-hydrogen) atoms. The topological polar surface area (TPSA) is 43.6 Å². The summed E-state index contributed by atoms with van der Waals surface area (Å²) in [5.41, 5.74) is 12.7. The van der Waals surface area contributed by atoms with E-state index in [0.29, 0.717) is 17.5 Å². The number of rotatable bonds is 7. The molecule has 4 nitrogen and oxygen atoms in total. The third-order valence-electron chi connectivity index (χ3n) is 13.8. The number of thiophene rings is 1. The van der Waals surface area contributed by atoms with Crippen LogP contribution in [0.5, 0.6) is 0 Å². The van der Waals surface area contributed by atoms with Crippen molar-refractivity contribution in [1.29, 1.82) is 0 Å². The molecule has 0 saturated heterocycles. The molecule has 11 aromatic carbocycles. The van der Waals surface area contributed by atoms with Crippen LogP contribution in [0.4, 0.5) is 0 Å². The zero-order valence-electron chi connectivity index (χ0n) is 37.8. The van der Waals surface area contributed by atoms with Crippen LogP contribution in [0.2, 0.25) is 0 Å². The molecule has 0 aliphatic heterocycles. The van der Waals surface area contributed by atoms with E-state index in [4.69, 9.17) is 15.0 Å². The molecular formula is C65H40N4S. The normalized spacial score (nSPS) is 11.7. The minimum atomic E-state index is 0.602. The van der Waals surface area contributed by atoms with Gasteiger partial charge in [-0.25, -0.2) is 15.0 Å². The first-order chi connectivity index (χ1) is 34.7. The third-order valence-corrected chi connectivity index (χ3v) is 15.0. The molecule has 0 spiro atoms. The fraction of sp³-hybridized carbons (Fsp3) is 0. The van der Waals surface area contributed by atoms with Crippen LogP contribution in [0.25, 0.3) is 137 Å². The molecule has 0 aliphatic rings. The molecule has 0 saturated carbocycles. The zero-order valence-corrected chi connectivity index (χ0v) is 38.6. The fourth-order valence-electron chi connectivity index (χ4n) is 10.5. The summed E-state index contributed by atoms with van der Waals surface area (Å²) in [6, 6.07) is 87.3. The van der Waals surface area contributed by atoms with Crippen molar-refractivity contribution in [2.75, 3.05) is 0 Å². The molecule has 14 aromatic rings. The lowest BCUT2D eigenvalue weighted by Crippen LogP contribution is -2.04. The molecule has 3 heterocycles. The maximum absolute atomic E-state index is 5.49. The van der Waals surface area contributed by atoms with E-state index < -0.39 is 0 Å². The van der Waals surface area contributed by atoms with E-state index in [-0.39, 0.29) is 0 Å². The van der Waals surface area contributed by atoms with Crippen LogP contribution in [0.1, 0.15) is 0 Å². The standard InChI is InChI=1S/C65H40N4S/c1-4-16-41(17-5-1)42-28-30-45(31-29-42)61-56(69-57-40-48-24-11-10-23-47(48)38-54(57)52-34-32-43-18-12-13-25-50(43)62(52)69)36-35-53(60(61)44-19-6-2-7-20-44)65-67-63(46-21-8-3-9-22-46)66-64(68-65)49-33-37-59-55(39-49)51-26-14-15-27-58(51)70-59/h1-40H. The van der Waals surface area contributed by atoms with Crippen molar-refractivity contribution in [1.82, 2.24) is 19.5 Å². The zero-order chi connectivity index (χ0) is 46.1. The second-order valence-corrected chi connectivity index (χ2v) is 19.0. The number of benzene rings is 11. The molecule has 0 unspecified atom stereocenters. The highest BCUT2D eigenvalue weighted by molar-refractivity contribution is 7.25. The molecule has 0 amide bonds. The number of nitrogens with zero attached hydrogens (tertiary/aromatic N) is 4. The monoisotopic (exact) mass is 908 g/mol. The van der Waals surface area contributed by atoms with E-state index in [0.717, 1.165) is 55.7 Å². The Balaban J connectivity index is 1.10. The minimum absolute atomic E-state index is 0.602. The maximum atomic E-state index is 5.49. The minimum Gasteiger partial charge on any atom is -0.308 e. The van der Waals surface area contributed by atoms with Gasteiger partial charge in [0.2, 0.25) is 0 Å². The SMILES string of the molecule is c1ccc(-c2ccc(-c3c(-n4c5cc6ccccc6cc5c5ccc6ccccc6c54)ccc(-c4nc(-c5ccccc5)nc(-c5ccc6sc7ccccc7c6c5)n4)c3-c3ccccc3)cc2)cc1. The van der Waals surface area contributed by atoms with Gasteiger partial charge in [0.25, 0.3) is 0 Å². The predicted molar refractivity (Wildman–Crippen MR) is 295 cm³/mol. The lowest BCUT2D eigenvalue weighted by Gasteiger charge is -2.22. The first-order valence-electron chi connectivity index (χ1n) is 23.7. The lowest BCUT2D eigenvalue weighted by atomic mass is 9.87. The van der Waals surface area contributed by atoms with Crippen molar-refractivity contribution >= 4 is 74.9 Å². The van der Waals surface area contributed by atoms with E-state index in [1.165, 1.54) is 63.6 Å². The number of hydrogen-bond acceptors (Lipinski definition) is 4. The van der Waals surface area contributed by atoms with Crippen molar-refractivity contribution in [2.24, 2.45) is 0 Å². The van der Waals surface area contributed by atoms with E-state index >= 15 is 0 Å². The van der Waals surface area contributed by atoms with E-state index in [9.17, 15) is 0 Å². The highest BCUT2D eigenvalue weighted by atomic mass is 32.1. The van der Waals surface area contributed by atoms with E-state index in [1.54, 1.807) is 0 Å². The number of aromatic nitrogens is 4. The Labute approximate surface area is 408 Å². The van der Waals surface area contributed by atoms with Crippen molar-refractivity contribution in [3.63, 3.8) is 0 Å². The quantitative estimate of drug-likeness (QED) is 0.160. The van der Waals surface area contributed by atoms with Gasteiger partial charge >= 0.3 is 0 Å². The Hall–Kier alpha value is -9.03. The van der Waals surface area contributed by atoms with Crippen LogP contribution < -0.4 is 0 Å².